The number of rotatable bonds is 8. The maximum Gasteiger partial charge on any atom is 0.316 e. The third-order valence-electron chi connectivity index (χ3n) is 4.43. The van der Waals surface area contributed by atoms with Gasteiger partial charge in [-0.05, 0) is 26.3 Å². The van der Waals surface area contributed by atoms with Crippen molar-refractivity contribution in [2.24, 2.45) is 0 Å². The number of hydrogen-bond acceptors (Lipinski definition) is 6. The zero-order chi connectivity index (χ0) is 20.8. The van der Waals surface area contributed by atoms with Gasteiger partial charge in [0.05, 0.1) is 5.75 Å². The van der Waals surface area contributed by atoms with Crippen molar-refractivity contribution in [1.82, 2.24) is 14.8 Å². The Bertz CT molecular complexity index is 1020. The average Bonchev–Trinajstić information content (AvgIpc) is 3.14. The van der Waals surface area contributed by atoms with Crippen molar-refractivity contribution in [3.8, 4) is 11.4 Å². The first-order chi connectivity index (χ1) is 14.0. The van der Waals surface area contributed by atoms with E-state index in [1.54, 1.807) is 6.07 Å². The molecule has 0 aliphatic carbocycles. The van der Waals surface area contributed by atoms with Crippen LogP contribution in [0.15, 0.2) is 53.7 Å². The average molecular weight is 410 g/mol. The monoisotopic (exact) mass is 409 g/mol. The molecule has 0 aliphatic heterocycles. The van der Waals surface area contributed by atoms with E-state index in [0.717, 1.165) is 22.5 Å². The predicted molar refractivity (Wildman–Crippen MR) is 113 cm³/mol. The molecule has 0 saturated carbocycles. The van der Waals surface area contributed by atoms with Gasteiger partial charge in [0.1, 0.15) is 0 Å². The van der Waals surface area contributed by atoms with Gasteiger partial charge in [-0.1, -0.05) is 65.9 Å². The Kier molecular flexibility index (Phi) is 6.82. The molecule has 150 valence electrons. The lowest BCUT2D eigenvalue weighted by Gasteiger charge is -2.08. The molecule has 29 heavy (non-hydrogen) atoms. The summed E-state index contributed by atoms with van der Waals surface area (Å²) in [7, 11) is 0. The second-order valence-electron chi connectivity index (χ2n) is 6.61. The molecule has 0 bridgehead atoms. The molecule has 3 rings (SSSR count). The Hall–Kier alpha value is -2.93. The van der Waals surface area contributed by atoms with Crippen LogP contribution in [0.4, 0.5) is 0 Å². The number of nitrogens with zero attached hydrogens (tertiary/aromatic N) is 3. The van der Waals surface area contributed by atoms with Gasteiger partial charge in [-0.3, -0.25) is 9.59 Å². The van der Waals surface area contributed by atoms with E-state index in [4.69, 9.17) is 4.74 Å². The molecule has 1 heterocycles. The lowest BCUT2D eigenvalue weighted by Crippen LogP contribution is -2.16. The zero-order valence-electron chi connectivity index (χ0n) is 16.7. The SMILES string of the molecule is CCn1c(SCC(=O)OCC(=O)c2ccc(C)cc2C)nnc1-c1ccccc1. The molecule has 0 unspecified atom stereocenters. The Morgan fingerprint density at radius 3 is 2.52 bits per heavy atom. The highest BCUT2D eigenvalue weighted by Gasteiger charge is 2.16. The summed E-state index contributed by atoms with van der Waals surface area (Å²) in [5.74, 6) is 0.158. The molecule has 3 aromatic rings. The number of carbonyl (C=O) groups is 2. The van der Waals surface area contributed by atoms with Crippen LogP contribution >= 0.6 is 11.8 Å². The number of benzene rings is 2. The highest BCUT2D eigenvalue weighted by atomic mass is 32.2. The topological polar surface area (TPSA) is 74.1 Å². The van der Waals surface area contributed by atoms with E-state index < -0.39 is 5.97 Å². The summed E-state index contributed by atoms with van der Waals surface area (Å²) in [4.78, 5) is 24.4. The number of Topliss-reactive ketones (excluding diaryl/α,β-unsaturated/α-hetero) is 1. The summed E-state index contributed by atoms with van der Waals surface area (Å²) in [6.45, 7) is 6.26. The summed E-state index contributed by atoms with van der Waals surface area (Å²) in [6, 6.07) is 15.4. The number of aryl methyl sites for hydroxylation is 2. The van der Waals surface area contributed by atoms with Crippen LogP contribution in [0.25, 0.3) is 11.4 Å². The number of esters is 1. The quantitative estimate of drug-likeness (QED) is 0.317. The van der Waals surface area contributed by atoms with Crippen molar-refractivity contribution in [2.45, 2.75) is 32.5 Å². The van der Waals surface area contributed by atoms with Crippen molar-refractivity contribution in [2.75, 3.05) is 12.4 Å². The predicted octanol–water partition coefficient (Wildman–Crippen LogP) is 4.10. The molecule has 0 radical (unpaired) electrons. The van der Waals surface area contributed by atoms with Crippen LogP contribution in [0.2, 0.25) is 0 Å². The smallest absolute Gasteiger partial charge is 0.316 e. The largest absolute Gasteiger partial charge is 0.457 e. The van der Waals surface area contributed by atoms with Gasteiger partial charge in [0.2, 0.25) is 5.78 Å². The summed E-state index contributed by atoms with van der Waals surface area (Å²) in [5.41, 5.74) is 3.51. The van der Waals surface area contributed by atoms with Crippen LogP contribution in [-0.2, 0) is 16.1 Å². The molecular weight excluding hydrogens is 386 g/mol. The van der Waals surface area contributed by atoms with E-state index in [1.807, 2.05) is 67.8 Å². The molecule has 0 N–H and O–H groups in total. The van der Waals surface area contributed by atoms with Crippen LogP contribution in [-0.4, -0.2) is 38.9 Å². The molecule has 0 fully saturated rings. The molecule has 0 atom stereocenters. The Balaban J connectivity index is 1.57. The summed E-state index contributed by atoms with van der Waals surface area (Å²) in [6.07, 6.45) is 0. The minimum atomic E-state index is -0.458. The normalized spacial score (nSPS) is 10.7. The number of hydrogen-bond donors (Lipinski definition) is 0. The van der Waals surface area contributed by atoms with Crippen LogP contribution in [0.1, 0.15) is 28.4 Å². The molecule has 0 spiro atoms. The maximum atomic E-state index is 12.3. The first-order valence-corrected chi connectivity index (χ1v) is 10.4. The van der Waals surface area contributed by atoms with Crippen LogP contribution in [0.3, 0.4) is 0 Å². The Morgan fingerprint density at radius 2 is 1.83 bits per heavy atom. The van der Waals surface area contributed by atoms with Gasteiger partial charge in [-0.2, -0.15) is 0 Å². The van der Waals surface area contributed by atoms with Crippen molar-refractivity contribution < 1.29 is 14.3 Å². The lowest BCUT2D eigenvalue weighted by molar-refractivity contribution is -0.139. The minimum absolute atomic E-state index is 0.0626. The van der Waals surface area contributed by atoms with E-state index in [2.05, 4.69) is 10.2 Å². The van der Waals surface area contributed by atoms with Gasteiger partial charge >= 0.3 is 5.97 Å². The van der Waals surface area contributed by atoms with Crippen molar-refractivity contribution in [1.29, 1.82) is 0 Å². The fourth-order valence-corrected chi connectivity index (χ4v) is 3.80. The second kappa shape index (κ2) is 9.52. The first kappa shape index (κ1) is 20.8. The van der Waals surface area contributed by atoms with E-state index in [9.17, 15) is 9.59 Å². The van der Waals surface area contributed by atoms with Crippen LogP contribution < -0.4 is 0 Å². The Morgan fingerprint density at radius 1 is 1.07 bits per heavy atom. The highest BCUT2D eigenvalue weighted by molar-refractivity contribution is 7.99. The van der Waals surface area contributed by atoms with E-state index in [1.165, 1.54) is 11.8 Å². The standard InChI is InChI=1S/C22H23N3O3S/c1-4-25-21(17-8-6-5-7-9-17)23-24-22(25)29-14-20(27)28-13-19(26)18-11-10-15(2)12-16(18)3/h5-12H,4,13-14H2,1-3H3. The van der Waals surface area contributed by atoms with E-state index in [-0.39, 0.29) is 18.1 Å². The maximum absolute atomic E-state index is 12.3. The van der Waals surface area contributed by atoms with Crippen LogP contribution in [0.5, 0.6) is 0 Å². The molecule has 6 nitrogen and oxygen atoms in total. The second-order valence-corrected chi connectivity index (χ2v) is 7.55. The zero-order valence-corrected chi connectivity index (χ0v) is 17.5. The number of ketones is 1. The lowest BCUT2D eigenvalue weighted by atomic mass is 10.0. The van der Waals surface area contributed by atoms with E-state index >= 15 is 0 Å². The summed E-state index contributed by atoms with van der Waals surface area (Å²) in [5, 5.41) is 9.09. The molecule has 0 amide bonds. The van der Waals surface area contributed by atoms with E-state index in [0.29, 0.717) is 17.3 Å². The van der Waals surface area contributed by atoms with Crippen molar-refractivity contribution in [3.05, 3.63) is 65.2 Å². The molecular formula is C22H23N3O3S. The summed E-state index contributed by atoms with van der Waals surface area (Å²) >= 11 is 1.25. The van der Waals surface area contributed by atoms with Crippen molar-refractivity contribution >= 4 is 23.5 Å². The number of carbonyl (C=O) groups excluding carboxylic acids is 2. The number of ether oxygens (including phenoxy) is 1. The van der Waals surface area contributed by atoms with Gasteiger partial charge in [-0.15, -0.1) is 10.2 Å². The van der Waals surface area contributed by atoms with Gasteiger partial charge in [0.25, 0.3) is 0 Å². The molecule has 2 aromatic carbocycles. The first-order valence-electron chi connectivity index (χ1n) is 9.37. The molecule has 0 saturated heterocycles. The van der Waals surface area contributed by atoms with Gasteiger partial charge in [0, 0.05) is 17.7 Å². The number of aromatic nitrogens is 3. The van der Waals surface area contributed by atoms with Gasteiger partial charge < -0.3 is 9.30 Å². The van der Waals surface area contributed by atoms with Gasteiger partial charge in [-0.25, -0.2) is 0 Å². The number of thioether (sulfide) groups is 1. The molecule has 7 heteroatoms. The fourth-order valence-electron chi connectivity index (χ4n) is 3.00. The fraction of sp³-hybridized carbons (Fsp3) is 0.273. The summed E-state index contributed by atoms with van der Waals surface area (Å²) < 4.78 is 7.12. The third-order valence-corrected chi connectivity index (χ3v) is 5.37. The third kappa shape index (κ3) is 5.12. The van der Waals surface area contributed by atoms with Gasteiger partial charge in [0.15, 0.2) is 17.6 Å². The van der Waals surface area contributed by atoms with Crippen LogP contribution in [0, 0.1) is 13.8 Å². The Labute approximate surface area is 174 Å². The highest BCUT2D eigenvalue weighted by Crippen LogP contribution is 2.23. The molecule has 1 aromatic heterocycles. The molecule has 0 aliphatic rings. The van der Waals surface area contributed by atoms with Crippen molar-refractivity contribution in [3.63, 3.8) is 0 Å². The minimum Gasteiger partial charge on any atom is -0.457 e.